The third-order valence-corrected chi connectivity index (χ3v) is 4.31. The van der Waals surface area contributed by atoms with E-state index in [2.05, 4.69) is 51.6 Å². The van der Waals surface area contributed by atoms with Gasteiger partial charge in [0.25, 0.3) is 0 Å². The van der Waals surface area contributed by atoms with Gasteiger partial charge in [-0.2, -0.15) is 5.10 Å². The molecule has 2 heterocycles. The van der Waals surface area contributed by atoms with E-state index in [0.29, 0.717) is 12.5 Å². The van der Waals surface area contributed by atoms with E-state index in [4.69, 9.17) is 0 Å². The maximum atomic E-state index is 12.2. The van der Waals surface area contributed by atoms with Crippen LogP contribution in [0.25, 0.3) is 0 Å². The number of carbonyl (C=O) groups excluding carboxylic acids is 1. The first kappa shape index (κ1) is 14.6. The molecular weight excluding hydrogens is 276 g/mol. The van der Waals surface area contributed by atoms with Crippen molar-refractivity contribution in [3.05, 3.63) is 47.8 Å². The Balaban J connectivity index is 1.58. The van der Waals surface area contributed by atoms with Gasteiger partial charge in [-0.05, 0) is 32.4 Å². The highest BCUT2D eigenvalue weighted by molar-refractivity contribution is 5.79. The van der Waals surface area contributed by atoms with Crippen molar-refractivity contribution >= 4 is 11.6 Å². The lowest BCUT2D eigenvalue weighted by Crippen LogP contribution is -2.38. The third kappa shape index (κ3) is 3.13. The average molecular weight is 298 g/mol. The van der Waals surface area contributed by atoms with Gasteiger partial charge in [-0.25, -0.2) is 0 Å². The number of aromatic nitrogens is 2. The molecule has 5 nitrogen and oxygen atoms in total. The molecule has 2 aromatic rings. The van der Waals surface area contributed by atoms with Gasteiger partial charge < -0.3 is 10.2 Å². The van der Waals surface area contributed by atoms with Crippen molar-refractivity contribution in [3.63, 3.8) is 0 Å². The molecule has 0 radical (unpaired) electrons. The van der Waals surface area contributed by atoms with Crippen LogP contribution >= 0.6 is 0 Å². The monoisotopic (exact) mass is 298 g/mol. The molecule has 1 aromatic carbocycles. The van der Waals surface area contributed by atoms with Crippen LogP contribution in [0.15, 0.2) is 36.5 Å². The molecule has 1 fully saturated rings. The van der Waals surface area contributed by atoms with Gasteiger partial charge in [-0.1, -0.05) is 18.2 Å². The fraction of sp³-hybridized carbons (Fsp3) is 0.412. The summed E-state index contributed by atoms with van der Waals surface area (Å²) >= 11 is 0. The van der Waals surface area contributed by atoms with E-state index in [1.54, 1.807) is 6.20 Å². The van der Waals surface area contributed by atoms with Crippen molar-refractivity contribution in [1.29, 1.82) is 0 Å². The van der Waals surface area contributed by atoms with Crippen LogP contribution in [0.4, 0.5) is 5.69 Å². The predicted molar refractivity (Wildman–Crippen MR) is 86.8 cm³/mol. The fourth-order valence-electron chi connectivity index (χ4n) is 3.12. The summed E-state index contributed by atoms with van der Waals surface area (Å²) in [7, 11) is 0. The number of para-hydroxylation sites is 1. The Morgan fingerprint density at radius 1 is 1.41 bits per heavy atom. The number of hydrogen-bond donors (Lipinski definition) is 2. The predicted octanol–water partition coefficient (Wildman–Crippen LogP) is 2.04. The number of hydrogen-bond acceptors (Lipinski definition) is 3. The topological polar surface area (TPSA) is 61.0 Å². The molecule has 1 aliphatic heterocycles. The average Bonchev–Trinajstić information content (AvgIpc) is 3.06. The lowest BCUT2D eigenvalue weighted by atomic mass is 10.1. The van der Waals surface area contributed by atoms with Crippen molar-refractivity contribution < 1.29 is 4.79 Å². The molecule has 2 atom stereocenters. The van der Waals surface area contributed by atoms with Gasteiger partial charge in [0.05, 0.1) is 12.6 Å². The number of anilines is 1. The van der Waals surface area contributed by atoms with Crippen LogP contribution in [0.5, 0.6) is 0 Å². The lowest BCUT2D eigenvalue weighted by Gasteiger charge is -2.23. The Hall–Kier alpha value is -2.30. The summed E-state index contributed by atoms with van der Waals surface area (Å²) in [6.07, 6.45) is 3.09. The number of carbonyl (C=O) groups is 1. The van der Waals surface area contributed by atoms with Crippen LogP contribution in [0, 0.1) is 6.92 Å². The molecule has 3 rings (SSSR count). The van der Waals surface area contributed by atoms with Crippen LogP contribution in [-0.4, -0.2) is 34.7 Å². The van der Waals surface area contributed by atoms with Gasteiger partial charge >= 0.3 is 0 Å². The summed E-state index contributed by atoms with van der Waals surface area (Å²) in [5, 5.41) is 9.97. The zero-order valence-electron chi connectivity index (χ0n) is 13.0. The first-order valence-electron chi connectivity index (χ1n) is 7.73. The van der Waals surface area contributed by atoms with Gasteiger partial charge in [-0.15, -0.1) is 0 Å². The second-order valence-corrected chi connectivity index (χ2v) is 6.03. The van der Waals surface area contributed by atoms with Crippen LogP contribution in [0.2, 0.25) is 0 Å². The molecule has 0 saturated carbocycles. The summed E-state index contributed by atoms with van der Waals surface area (Å²) in [6, 6.07) is 11.0. The summed E-state index contributed by atoms with van der Waals surface area (Å²) < 4.78 is 0. The number of nitrogens with zero attached hydrogens (tertiary/aromatic N) is 2. The molecule has 2 unspecified atom stereocenters. The summed E-state index contributed by atoms with van der Waals surface area (Å²) in [5.41, 5.74) is 3.14. The minimum absolute atomic E-state index is 0.0663. The molecule has 0 aliphatic carbocycles. The highest BCUT2D eigenvalue weighted by Crippen LogP contribution is 2.25. The van der Waals surface area contributed by atoms with E-state index in [9.17, 15) is 4.79 Å². The van der Waals surface area contributed by atoms with E-state index in [0.717, 1.165) is 24.2 Å². The largest absolute Gasteiger partial charge is 0.367 e. The molecule has 1 saturated heterocycles. The Morgan fingerprint density at radius 2 is 2.18 bits per heavy atom. The summed E-state index contributed by atoms with van der Waals surface area (Å²) in [4.78, 5) is 14.6. The smallest absolute Gasteiger partial charge is 0.224 e. The quantitative estimate of drug-likeness (QED) is 0.908. The summed E-state index contributed by atoms with van der Waals surface area (Å²) in [5.74, 6) is 0.0663. The number of amides is 1. The van der Waals surface area contributed by atoms with E-state index < -0.39 is 0 Å². The van der Waals surface area contributed by atoms with Gasteiger partial charge in [0.15, 0.2) is 0 Å². The molecule has 1 amide bonds. The van der Waals surface area contributed by atoms with Crippen LogP contribution in [0.1, 0.15) is 24.6 Å². The second-order valence-electron chi connectivity index (χ2n) is 6.03. The van der Waals surface area contributed by atoms with E-state index in [1.165, 1.54) is 5.69 Å². The van der Waals surface area contributed by atoms with E-state index in [1.807, 2.05) is 13.0 Å². The van der Waals surface area contributed by atoms with Crippen LogP contribution in [-0.2, 0) is 11.2 Å². The first-order valence-corrected chi connectivity index (χ1v) is 7.73. The van der Waals surface area contributed by atoms with E-state index in [-0.39, 0.29) is 11.9 Å². The Kier molecular flexibility index (Phi) is 4.13. The highest BCUT2D eigenvalue weighted by Gasteiger charge is 2.30. The normalized spacial score (nSPS) is 21.1. The lowest BCUT2D eigenvalue weighted by molar-refractivity contribution is -0.121. The number of H-pyrrole nitrogens is 1. The maximum absolute atomic E-state index is 12.2. The van der Waals surface area contributed by atoms with Crippen molar-refractivity contribution in [3.8, 4) is 0 Å². The molecule has 2 N–H and O–H groups in total. The van der Waals surface area contributed by atoms with Gasteiger partial charge in [0.1, 0.15) is 0 Å². The van der Waals surface area contributed by atoms with Crippen LogP contribution in [0.3, 0.4) is 0 Å². The summed E-state index contributed by atoms with van der Waals surface area (Å²) in [6.45, 7) is 5.01. The highest BCUT2D eigenvalue weighted by atomic mass is 16.1. The molecule has 5 heteroatoms. The third-order valence-electron chi connectivity index (χ3n) is 4.31. The Labute approximate surface area is 130 Å². The second kappa shape index (κ2) is 6.22. The number of benzene rings is 1. The Morgan fingerprint density at radius 3 is 2.86 bits per heavy atom. The van der Waals surface area contributed by atoms with Crippen molar-refractivity contribution in [2.45, 2.75) is 38.8 Å². The van der Waals surface area contributed by atoms with E-state index >= 15 is 0 Å². The minimum Gasteiger partial charge on any atom is -0.367 e. The standard InChI is InChI=1S/C17H22N4O/c1-12-8-15(11-21(12)16-6-4-3-5-7-16)19-17(22)9-14-10-18-20-13(14)2/h3-7,10,12,15H,8-9,11H2,1-2H3,(H,18,20)(H,19,22). The number of aryl methyl sites for hydroxylation is 1. The number of aromatic amines is 1. The molecule has 0 bridgehead atoms. The fourth-order valence-corrected chi connectivity index (χ4v) is 3.12. The zero-order valence-corrected chi connectivity index (χ0v) is 13.0. The number of nitrogens with one attached hydrogen (secondary N) is 2. The molecule has 0 spiro atoms. The number of rotatable bonds is 4. The molecule has 116 valence electrons. The minimum atomic E-state index is 0.0663. The van der Waals surface area contributed by atoms with Gasteiger partial charge in [-0.3, -0.25) is 9.89 Å². The Bertz CT molecular complexity index is 637. The van der Waals surface area contributed by atoms with Gasteiger partial charge in [0.2, 0.25) is 5.91 Å². The molecule has 1 aromatic heterocycles. The van der Waals surface area contributed by atoms with Gasteiger partial charge in [0, 0.05) is 35.6 Å². The SMILES string of the molecule is Cc1[nH]ncc1CC(=O)NC1CC(C)N(c2ccccc2)C1. The molecule has 1 aliphatic rings. The van der Waals surface area contributed by atoms with Crippen LogP contribution < -0.4 is 10.2 Å². The maximum Gasteiger partial charge on any atom is 0.224 e. The first-order chi connectivity index (χ1) is 10.6. The zero-order chi connectivity index (χ0) is 15.5. The van der Waals surface area contributed by atoms with Crippen molar-refractivity contribution in [2.75, 3.05) is 11.4 Å². The van der Waals surface area contributed by atoms with Crippen molar-refractivity contribution in [2.24, 2.45) is 0 Å². The molecular formula is C17H22N4O. The molecule has 22 heavy (non-hydrogen) atoms. The van der Waals surface area contributed by atoms with Crippen molar-refractivity contribution in [1.82, 2.24) is 15.5 Å².